The predicted octanol–water partition coefficient (Wildman–Crippen LogP) is 5.28. The van der Waals surface area contributed by atoms with Crippen LogP contribution in [0.5, 0.6) is 0 Å². The molecule has 168 valence electrons. The van der Waals surface area contributed by atoms with E-state index in [9.17, 15) is 9.59 Å². The van der Waals surface area contributed by atoms with Crippen LogP contribution in [0.25, 0.3) is 22.4 Å². The highest BCUT2D eigenvalue weighted by molar-refractivity contribution is 7.71. The van der Waals surface area contributed by atoms with Gasteiger partial charge in [-0.15, -0.1) is 0 Å². The molecule has 0 atom stereocenters. The molecule has 7 nitrogen and oxygen atoms in total. The van der Waals surface area contributed by atoms with Gasteiger partial charge in [0.1, 0.15) is 10.5 Å². The SMILES string of the molecule is CCOC(=O)c1c(C)c2c(N)n(-c3ccc(Cl)cc3)c(=O)nc2n(-c2ccc(Cl)cc2)c1=S. The maximum Gasteiger partial charge on any atom is 0.355 e. The van der Waals surface area contributed by atoms with Gasteiger partial charge in [-0.05, 0) is 67.9 Å². The van der Waals surface area contributed by atoms with Gasteiger partial charge in [0, 0.05) is 15.7 Å². The number of nitrogen functional groups attached to an aromatic ring is 1. The number of esters is 1. The molecule has 0 bridgehead atoms. The Morgan fingerprint density at radius 2 is 1.55 bits per heavy atom. The second-order valence-corrected chi connectivity index (χ2v) is 8.39. The molecule has 4 rings (SSSR count). The Bertz CT molecular complexity index is 1510. The molecule has 2 aromatic carbocycles. The van der Waals surface area contributed by atoms with Gasteiger partial charge in [0.25, 0.3) is 0 Å². The molecule has 0 aliphatic carbocycles. The molecule has 2 heterocycles. The monoisotopic (exact) mass is 500 g/mol. The lowest BCUT2D eigenvalue weighted by molar-refractivity contribution is 0.0524. The van der Waals surface area contributed by atoms with E-state index in [1.165, 1.54) is 9.13 Å². The summed E-state index contributed by atoms with van der Waals surface area (Å²) in [5.41, 5.74) is 7.82. The van der Waals surface area contributed by atoms with E-state index >= 15 is 0 Å². The van der Waals surface area contributed by atoms with Crippen LogP contribution in [0.1, 0.15) is 22.8 Å². The molecule has 0 saturated heterocycles. The van der Waals surface area contributed by atoms with Crippen LogP contribution in [0.15, 0.2) is 53.3 Å². The lowest BCUT2D eigenvalue weighted by Crippen LogP contribution is -2.27. The number of halogens is 2. The summed E-state index contributed by atoms with van der Waals surface area (Å²) in [6.45, 7) is 3.58. The van der Waals surface area contributed by atoms with Crippen LogP contribution >= 0.6 is 35.4 Å². The lowest BCUT2D eigenvalue weighted by atomic mass is 10.1. The molecule has 0 radical (unpaired) electrons. The zero-order valence-electron chi connectivity index (χ0n) is 17.6. The van der Waals surface area contributed by atoms with E-state index in [2.05, 4.69) is 4.98 Å². The first-order valence-electron chi connectivity index (χ1n) is 9.91. The maximum absolute atomic E-state index is 13.1. The number of nitrogens with zero attached hydrogens (tertiary/aromatic N) is 3. The van der Waals surface area contributed by atoms with Gasteiger partial charge in [-0.1, -0.05) is 35.4 Å². The standard InChI is InChI=1S/C23H18Cl2N4O3S/c1-3-32-22(30)18-12(2)17-19(26)28(15-8-4-13(24)5-9-15)23(31)27-20(17)29(21(18)33)16-10-6-14(25)7-11-16/h4-11H,3,26H2,1-2H3. The fourth-order valence-corrected chi connectivity index (χ4v) is 4.33. The fraction of sp³-hybridized carbons (Fsp3) is 0.130. The normalized spacial score (nSPS) is 11.0. The Morgan fingerprint density at radius 1 is 1.03 bits per heavy atom. The van der Waals surface area contributed by atoms with Crippen molar-refractivity contribution in [1.29, 1.82) is 0 Å². The highest BCUT2D eigenvalue weighted by Crippen LogP contribution is 2.31. The average molecular weight is 501 g/mol. The van der Waals surface area contributed by atoms with E-state index in [0.29, 0.717) is 32.4 Å². The number of hydrogen-bond acceptors (Lipinski definition) is 6. The van der Waals surface area contributed by atoms with E-state index in [1.807, 2.05) is 0 Å². The van der Waals surface area contributed by atoms with Gasteiger partial charge in [0.15, 0.2) is 5.65 Å². The van der Waals surface area contributed by atoms with Crippen LogP contribution in [0.3, 0.4) is 0 Å². The number of anilines is 1. The first-order valence-corrected chi connectivity index (χ1v) is 11.1. The minimum atomic E-state index is -0.609. The van der Waals surface area contributed by atoms with Crippen molar-refractivity contribution >= 4 is 58.2 Å². The van der Waals surface area contributed by atoms with Gasteiger partial charge in [0.2, 0.25) is 0 Å². The van der Waals surface area contributed by atoms with Crippen molar-refractivity contribution in [3.63, 3.8) is 0 Å². The number of aromatic nitrogens is 3. The van der Waals surface area contributed by atoms with Crippen LogP contribution in [0, 0.1) is 11.6 Å². The Balaban J connectivity index is 2.18. The van der Waals surface area contributed by atoms with E-state index in [4.69, 9.17) is 45.9 Å². The summed E-state index contributed by atoms with van der Waals surface area (Å²) < 4.78 is 8.20. The molecule has 33 heavy (non-hydrogen) atoms. The van der Waals surface area contributed by atoms with Gasteiger partial charge in [0.05, 0.1) is 23.2 Å². The Kier molecular flexibility index (Phi) is 6.25. The van der Waals surface area contributed by atoms with Crippen LogP contribution in [-0.4, -0.2) is 26.7 Å². The first kappa shape index (κ1) is 23.0. The van der Waals surface area contributed by atoms with Crippen molar-refractivity contribution in [2.24, 2.45) is 0 Å². The summed E-state index contributed by atoms with van der Waals surface area (Å²) >= 11 is 17.7. The summed E-state index contributed by atoms with van der Waals surface area (Å²) in [7, 11) is 0. The number of pyridine rings is 1. The zero-order valence-corrected chi connectivity index (χ0v) is 20.0. The molecule has 10 heteroatoms. The molecule has 4 aromatic rings. The molecule has 2 aromatic heterocycles. The minimum Gasteiger partial charge on any atom is -0.462 e. The molecule has 0 aliphatic heterocycles. The van der Waals surface area contributed by atoms with Gasteiger partial charge >= 0.3 is 11.7 Å². The first-order chi connectivity index (χ1) is 15.7. The lowest BCUT2D eigenvalue weighted by Gasteiger charge is -2.19. The average Bonchev–Trinajstić information content (AvgIpc) is 2.76. The molecule has 0 spiro atoms. The van der Waals surface area contributed by atoms with Gasteiger partial charge in [-0.3, -0.25) is 4.57 Å². The summed E-state index contributed by atoms with van der Waals surface area (Å²) in [5.74, 6) is -0.485. The number of carbonyl (C=O) groups is 1. The van der Waals surface area contributed by atoms with Gasteiger partial charge in [-0.25, -0.2) is 14.2 Å². The third-order valence-corrected chi connectivity index (χ3v) is 6.03. The third-order valence-electron chi connectivity index (χ3n) is 5.14. The quantitative estimate of drug-likeness (QED) is 0.302. The number of benzene rings is 2. The number of carbonyl (C=O) groups excluding carboxylic acids is 1. The molecule has 0 saturated carbocycles. The van der Waals surface area contributed by atoms with Crippen LogP contribution < -0.4 is 11.4 Å². The van der Waals surface area contributed by atoms with Crippen molar-refractivity contribution < 1.29 is 9.53 Å². The third kappa shape index (κ3) is 4.01. The van der Waals surface area contributed by atoms with Crippen molar-refractivity contribution in [2.45, 2.75) is 13.8 Å². The molecular formula is C23H18Cl2N4O3S. The smallest absolute Gasteiger partial charge is 0.355 e. The minimum absolute atomic E-state index is 0.105. The van der Waals surface area contributed by atoms with Crippen molar-refractivity contribution in [3.05, 3.63) is 84.8 Å². The largest absolute Gasteiger partial charge is 0.462 e. The predicted molar refractivity (Wildman–Crippen MR) is 133 cm³/mol. The number of rotatable bonds is 4. The van der Waals surface area contributed by atoms with Gasteiger partial charge < -0.3 is 10.5 Å². The molecule has 0 unspecified atom stereocenters. The van der Waals surface area contributed by atoms with Crippen molar-refractivity contribution in [3.8, 4) is 11.4 Å². The Labute approximate surface area is 204 Å². The van der Waals surface area contributed by atoms with Crippen LogP contribution in [-0.2, 0) is 4.74 Å². The number of fused-ring (bicyclic) bond motifs is 1. The molecule has 0 fully saturated rings. The van der Waals surface area contributed by atoms with Crippen molar-refractivity contribution in [2.75, 3.05) is 12.3 Å². The second-order valence-electron chi connectivity index (χ2n) is 7.13. The number of hydrogen-bond donors (Lipinski definition) is 1. The zero-order chi connectivity index (χ0) is 23.9. The summed E-state index contributed by atoms with van der Waals surface area (Å²) in [4.78, 5) is 30.3. The van der Waals surface area contributed by atoms with Crippen LogP contribution in [0.4, 0.5) is 5.82 Å². The molecular weight excluding hydrogens is 483 g/mol. The van der Waals surface area contributed by atoms with E-state index in [1.54, 1.807) is 62.4 Å². The highest BCUT2D eigenvalue weighted by atomic mass is 35.5. The van der Waals surface area contributed by atoms with Crippen LogP contribution in [0.2, 0.25) is 10.0 Å². The maximum atomic E-state index is 13.1. The van der Waals surface area contributed by atoms with Crippen molar-refractivity contribution in [1.82, 2.24) is 14.1 Å². The molecule has 0 aliphatic rings. The molecule has 2 N–H and O–H groups in total. The number of ether oxygens (including phenoxy) is 1. The summed E-state index contributed by atoms with van der Waals surface area (Å²) in [6.07, 6.45) is 0. The topological polar surface area (TPSA) is 92.1 Å². The van der Waals surface area contributed by atoms with Gasteiger partial charge in [-0.2, -0.15) is 4.98 Å². The highest BCUT2D eigenvalue weighted by Gasteiger charge is 2.24. The summed E-state index contributed by atoms with van der Waals surface area (Å²) in [5, 5.41) is 1.43. The summed E-state index contributed by atoms with van der Waals surface area (Å²) in [6, 6.07) is 13.4. The van der Waals surface area contributed by atoms with E-state index in [0.717, 1.165) is 0 Å². The second kappa shape index (κ2) is 8.97. The fourth-order valence-electron chi connectivity index (χ4n) is 3.65. The number of nitrogens with two attached hydrogens (primary N) is 1. The van der Waals surface area contributed by atoms with E-state index in [-0.39, 0.29) is 28.3 Å². The Hall–Kier alpha value is -3.20. The van der Waals surface area contributed by atoms with E-state index < -0.39 is 11.7 Å². The molecule has 0 amide bonds. The number of aryl methyl sites for hydroxylation is 1. The Morgan fingerprint density at radius 3 is 2.06 bits per heavy atom.